The lowest BCUT2D eigenvalue weighted by Gasteiger charge is -2.10. The number of anilines is 1. The highest BCUT2D eigenvalue weighted by atomic mass is 32.2. The number of nitrogens with one attached hydrogen (secondary N) is 2. The Morgan fingerprint density at radius 3 is 2.58 bits per heavy atom. The zero-order valence-corrected chi connectivity index (χ0v) is 14.6. The fraction of sp³-hybridized carbons (Fsp3) is 0.118. The minimum absolute atomic E-state index is 0.0983. The highest BCUT2D eigenvalue weighted by Crippen LogP contribution is 2.25. The third kappa shape index (κ3) is 3.58. The van der Waals surface area contributed by atoms with Crippen molar-refractivity contribution in [2.24, 2.45) is 0 Å². The Kier molecular flexibility index (Phi) is 4.55. The monoisotopic (exact) mass is 360 g/mol. The predicted molar refractivity (Wildman–Crippen MR) is 97.2 cm³/mol. The maximum atomic E-state index is 12.1. The molecule has 0 aliphatic carbocycles. The number of rotatable bonds is 4. The van der Waals surface area contributed by atoms with Gasteiger partial charge in [-0.25, -0.2) is 13.2 Å². The van der Waals surface area contributed by atoms with Crippen molar-refractivity contribution in [2.45, 2.75) is 11.4 Å². The molecule has 0 aliphatic heterocycles. The van der Waals surface area contributed by atoms with E-state index in [-0.39, 0.29) is 10.6 Å². The summed E-state index contributed by atoms with van der Waals surface area (Å²) in [7, 11) is -3.41. The molecule has 0 unspecified atom stereocenters. The summed E-state index contributed by atoms with van der Waals surface area (Å²) in [5.74, 6) is 0. The van der Waals surface area contributed by atoms with Gasteiger partial charge in [-0.05, 0) is 34.5 Å². The first-order chi connectivity index (χ1) is 11.4. The second-order valence-electron chi connectivity index (χ2n) is 5.33. The van der Waals surface area contributed by atoms with Gasteiger partial charge in [0.1, 0.15) is 0 Å². The maximum absolute atomic E-state index is 12.1. The van der Waals surface area contributed by atoms with Crippen molar-refractivity contribution in [3.05, 3.63) is 59.5 Å². The topological polar surface area (TPSA) is 75.3 Å². The summed E-state index contributed by atoms with van der Waals surface area (Å²) in [4.78, 5) is 12.2. The lowest BCUT2D eigenvalue weighted by molar-refractivity contribution is 0.251. The molecular weight excluding hydrogens is 344 g/mol. The summed E-state index contributed by atoms with van der Waals surface area (Å²) < 4.78 is 24.7. The van der Waals surface area contributed by atoms with Crippen LogP contribution in [0.25, 0.3) is 10.1 Å². The van der Waals surface area contributed by atoms with Crippen molar-refractivity contribution in [1.82, 2.24) is 5.32 Å². The second kappa shape index (κ2) is 6.62. The van der Waals surface area contributed by atoms with Crippen LogP contribution in [0.2, 0.25) is 0 Å². The molecule has 2 aromatic carbocycles. The van der Waals surface area contributed by atoms with Crippen LogP contribution >= 0.6 is 11.3 Å². The van der Waals surface area contributed by atoms with Gasteiger partial charge in [0.15, 0.2) is 9.84 Å². The summed E-state index contributed by atoms with van der Waals surface area (Å²) in [6.07, 6.45) is 1.11. The van der Waals surface area contributed by atoms with Gasteiger partial charge in [-0.1, -0.05) is 30.3 Å². The molecular formula is C17H16N2O3S2. The highest BCUT2D eigenvalue weighted by Gasteiger charge is 2.14. The Hall–Kier alpha value is -2.38. The number of benzene rings is 2. The molecule has 124 valence electrons. The molecule has 5 nitrogen and oxygen atoms in total. The third-order valence-electron chi connectivity index (χ3n) is 3.54. The lowest BCUT2D eigenvalue weighted by atomic mass is 10.2. The molecule has 0 spiro atoms. The van der Waals surface area contributed by atoms with Gasteiger partial charge in [0.2, 0.25) is 0 Å². The number of thiophene rings is 1. The van der Waals surface area contributed by atoms with E-state index in [2.05, 4.69) is 10.6 Å². The van der Waals surface area contributed by atoms with Crippen LogP contribution in [0, 0.1) is 0 Å². The average Bonchev–Trinajstić information content (AvgIpc) is 2.96. The van der Waals surface area contributed by atoms with E-state index < -0.39 is 15.9 Å². The van der Waals surface area contributed by atoms with Crippen molar-refractivity contribution in [3.63, 3.8) is 0 Å². The van der Waals surface area contributed by atoms with Crippen molar-refractivity contribution in [1.29, 1.82) is 0 Å². The van der Waals surface area contributed by atoms with Crippen molar-refractivity contribution in [3.8, 4) is 0 Å². The Morgan fingerprint density at radius 1 is 1.08 bits per heavy atom. The van der Waals surface area contributed by atoms with Gasteiger partial charge < -0.3 is 10.6 Å². The Balaban J connectivity index is 1.71. The molecule has 0 atom stereocenters. The molecule has 0 saturated carbocycles. The van der Waals surface area contributed by atoms with Gasteiger partial charge in [-0.15, -0.1) is 11.3 Å². The molecule has 3 rings (SSSR count). The van der Waals surface area contributed by atoms with Gasteiger partial charge in [0.25, 0.3) is 0 Å². The van der Waals surface area contributed by atoms with Crippen LogP contribution < -0.4 is 10.6 Å². The van der Waals surface area contributed by atoms with Gasteiger partial charge in [0, 0.05) is 17.5 Å². The van der Waals surface area contributed by atoms with E-state index in [0.29, 0.717) is 6.54 Å². The van der Waals surface area contributed by atoms with Crippen LogP contribution in [0.1, 0.15) is 5.56 Å². The molecule has 3 aromatic rings. The molecule has 1 heterocycles. The molecule has 2 N–H and O–H groups in total. The number of carbonyl (C=O) groups excluding carboxylic acids is 1. The summed E-state index contributed by atoms with van der Waals surface area (Å²) >= 11 is 1.62. The Morgan fingerprint density at radius 2 is 1.79 bits per heavy atom. The van der Waals surface area contributed by atoms with Gasteiger partial charge in [0.05, 0.1) is 10.6 Å². The van der Waals surface area contributed by atoms with E-state index in [9.17, 15) is 13.2 Å². The number of hydrogen-bond donors (Lipinski definition) is 2. The van der Waals surface area contributed by atoms with Crippen LogP contribution in [-0.2, 0) is 16.4 Å². The summed E-state index contributed by atoms with van der Waals surface area (Å²) in [6, 6.07) is 13.9. The number of hydrogen-bond acceptors (Lipinski definition) is 4. The van der Waals surface area contributed by atoms with Crippen LogP contribution in [0.5, 0.6) is 0 Å². The summed E-state index contributed by atoms with van der Waals surface area (Å²) in [5, 5.41) is 8.49. The van der Waals surface area contributed by atoms with Gasteiger partial charge >= 0.3 is 6.03 Å². The fourth-order valence-corrected chi connectivity index (χ4v) is 4.21. The first kappa shape index (κ1) is 16.5. The van der Waals surface area contributed by atoms with E-state index in [4.69, 9.17) is 0 Å². The molecule has 1 aromatic heterocycles. The molecule has 2 amide bonds. The van der Waals surface area contributed by atoms with Crippen LogP contribution in [-0.4, -0.2) is 20.7 Å². The lowest BCUT2D eigenvalue weighted by Crippen LogP contribution is -2.28. The first-order valence-corrected chi connectivity index (χ1v) is 10.0. The first-order valence-electron chi connectivity index (χ1n) is 7.24. The van der Waals surface area contributed by atoms with Gasteiger partial charge in [-0.2, -0.15) is 0 Å². The number of carbonyl (C=O) groups is 1. The summed E-state index contributed by atoms with van der Waals surface area (Å²) in [6.45, 7) is 0.372. The molecule has 0 bridgehead atoms. The second-order valence-corrected chi connectivity index (χ2v) is 8.23. The zero-order valence-electron chi connectivity index (χ0n) is 12.9. The number of fused-ring (bicyclic) bond motifs is 1. The van der Waals surface area contributed by atoms with Gasteiger partial charge in [-0.3, -0.25) is 0 Å². The predicted octanol–water partition coefficient (Wildman–Crippen LogP) is 3.63. The molecule has 0 fully saturated rings. The normalized spacial score (nSPS) is 11.4. The van der Waals surface area contributed by atoms with Crippen LogP contribution in [0.15, 0.2) is 58.8 Å². The SMILES string of the molecule is CS(=O)(=O)c1ccccc1NC(=O)NCc1csc2ccccc12. The van der Waals surface area contributed by atoms with E-state index >= 15 is 0 Å². The van der Waals surface area contributed by atoms with Crippen molar-refractivity contribution >= 4 is 43.0 Å². The van der Waals surface area contributed by atoms with Crippen LogP contribution in [0.4, 0.5) is 10.5 Å². The minimum Gasteiger partial charge on any atom is -0.334 e. The summed E-state index contributed by atoms with van der Waals surface area (Å²) in [5.41, 5.74) is 1.30. The molecule has 0 aliphatic rings. The Labute approximate surface area is 144 Å². The number of sulfone groups is 1. The largest absolute Gasteiger partial charge is 0.334 e. The third-order valence-corrected chi connectivity index (χ3v) is 5.70. The molecule has 0 saturated heterocycles. The maximum Gasteiger partial charge on any atom is 0.319 e. The minimum atomic E-state index is -3.41. The number of amides is 2. The quantitative estimate of drug-likeness (QED) is 0.746. The number of para-hydroxylation sites is 1. The van der Waals surface area contributed by atoms with E-state index in [1.165, 1.54) is 6.07 Å². The smallest absolute Gasteiger partial charge is 0.319 e. The zero-order chi connectivity index (χ0) is 17.2. The Bertz CT molecular complexity index is 994. The van der Waals surface area contributed by atoms with Crippen LogP contribution in [0.3, 0.4) is 0 Å². The number of urea groups is 1. The average molecular weight is 360 g/mol. The highest BCUT2D eigenvalue weighted by molar-refractivity contribution is 7.90. The van der Waals surface area contributed by atoms with E-state index in [1.807, 2.05) is 29.6 Å². The molecule has 24 heavy (non-hydrogen) atoms. The molecule has 7 heteroatoms. The van der Waals surface area contributed by atoms with Crippen molar-refractivity contribution < 1.29 is 13.2 Å². The van der Waals surface area contributed by atoms with E-state index in [1.54, 1.807) is 29.5 Å². The fourth-order valence-electron chi connectivity index (χ4n) is 2.40. The molecule has 0 radical (unpaired) electrons. The van der Waals surface area contributed by atoms with E-state index in [0.717, 1.165) is 21.9 Å². The standard InChI is InChI=1S/C17H16N2O3S2/c1-24(21,22)16-9-5-3-7-14(16)19-17(20)18-10-12-11-23-15-8-4-2-6-13(12)15/h2-9,11H,10H2,1H3,(H2,18,19,20). The van der Waals surface area contributed by atoms with Crippen molar-refractivity contribution in [2.75, 3.05) is 11.6 Å².